The molecule has 6 heteroatoms. The summed E-state index contributed by atoms with van der Waals surface area (Å²) in [6.07, 6.45) is 0.826. The SMILES string of the molecule is C[C@H](C(=O)N1CCc2ccccc2C1)n1nnc2ccccc2c1=O. The Morgan fingerprint density at radius 2 is 1.80 bits per heavy atom. The Bertz CT molecular complexity index is 1010. The molecule has 0 saturated heterocycles. The number of fused-ring (bicyclic) bond motifs is 2. The number of amides is 1. The lowest BCUT2D eigenvalue weighted by Gasteiger charge is -2.30. The standard InChI is InChI=1S/C19H18N4O2/c1-13(23-19(25)16-8-4-5-9-17(16)20-21-23)18(24)22-11-10-14-6-2-3-7-15(14)12-22/h2-9,13H,10-12H2,1H3/t13-/m1/s1. The molecule has 0 radical (unpaired) electrons. The molecule has 4 rings (SSSR count). The maximum absolute atomic E-state index is 12.9. The molecule has 1 amide bonds. The van der Waals surface area contributed by atoms with Crippen molar-refractivity contribution in [2.45, 2.75) is 25.9 Å². The molecule has 25 heavy (non-hydrogen) atoms. The summed E-state index contributed by atoms with van der Waals surface area (Å²) in [6.45, 7) is 2.92. The van der Waals surface area contributed by atoms with Gasteiger partial charge in [0.25, 0.3) is 5.56 Å². The van der Waals surface area contributed by atoms with Crippen LogP contribution in [0.3, 0.4) is 0 Å². The molecule has 2 heterocycles. The highest BCUT2D eigenvalue weighted by Crippen LogP contribution is 2.20. The number of aromatic nitrogens is 3. The van der Waals surface area contributed by atoms with Gasteiger partial charge in [-0.05, 0) is 36.6 Å². The quantitative estimate of drug-likeness (QED) is 0.718. The van der Waals surface area contributed by atoms with Crippen LogP contribution < -0.4 is 5.56 Å². The molecule has 0 aliphatic carbocycles. The Labute approximate surface area is 144 Å². The largest absolute Gasteiger partial charge is 0.336 e. The molecule has 3 aromatic rings. The molecule has 0 fully saturated rings. The minimum Gasteiger partial charge on any atom is -0.336 e. The van der Waals surface area contributed by atoms with Gasteiger partial charge in [-0.2, -0.15) is 4.68 Å². The van der Waals surface area contributed by atoms with Crippen LogP contribution in [-0.4, -0.2) is 32.3 Å². The molecular formula is C19H18N4O2. The topological polar surface area (TPSA) is 68.1 Å². The fourth-order valence-corrected chi connectivity index (χ4v) is 3.31. The second-order valence-electron chi connectivity index (χ2n) is 6.31. The smallest absolute Gasteiger partial charge is 0.278 e. The van der Waals surface area contributed by atoms with Gasteiger partial charge in [0.05, 0.1) is 5.39 Å². The molecule has 6 nitrogen and oxygen atoms in total. The Balaban J connectivity index is 1.63. The summed E-state index contributed by atoms with van der Waals surface area (Å²) in [6, 6.07) is 14.5. The van der Waals surface area contributed by atoms with Crippen LogP contribution in [0.2, 0.25) is 0 Å². The summed E-state index contributed by atoms with van der Waals surface area (Å²) in [7, 11) is 0. The second kappa shape index (κ2) is 6.12. The Morgan fingerprint density at radius 3 is 2.64 bits per heavy atom. The van der Waals surface area contributed by atoms with Crippen LogP contribution in [0.15, 0.2) is 53.3 Å². The number of hydrogen-bond donors (Lipinski definition) is 0. The lowest BCUT2D eigenvalue weighted by molar-refractivity contribution is -0.135. The minimum absolute atomic E-state index is 0.110. The van der Waals surface area contributed by atoms with E-state index >= 15 is 0 Å². The van der Waals surface area contributed by atoms with Crippen molar-refractivity contribution < 1.29 is 4.79 Å². The lowest BCUT2D eigenvalue weighted by Crippen LogP contribution is -2.42. The molecule has 0 unspecified atom stereocenters. The van der Waals surface area contributed by atoms with Crippen molar-refractivity contribution in [1.82, 2.24) is 19.9 Å². The van der Waals surface area contributed by atoms with Crippen molar-refractivity contribution in [3.8, 4) is 0 Å². The first-order chi connectivity index (χ1) is 12.1. The van der Waals surface area contributed by atoms with Crippen LogP contribution in [0.1, 0.15) is 24.1 Å². The lowest BCUT2D eigenvalue weighted by atomic mass is 9.99. The second-order valence-corrected chi connectivity index (χ2v) is 6.31. The zero-order valence-electron chi connectivity index (χ0n) is 13.9. The van der Waals surface area contributed by atoms with E-state index in [1.165, 1.54) is 10.2 Å². The van der Waals surface area contributed by atoms with Crippen molar-refractivity contribution >= 4 is 16.8 Å². The minimum atomic E-state index is -0.685. The number of nitrogens with zero attached hydrogens (tertiary/aromatic N) is 4. The van der Waals surface area contributed by atoms with E-state index < -0.39 is 6.04 Å². The maximum atomic E-state index is 12.9. The number of carbonyl (C=O) groups excluding carboxylic acids is 1. The Morgan fingerprint density at radius 1 is 1.08 bits per heavy atom. The third-order valence-electron chi connectivity index (χ3n) is 4.76. The molecular weight excluding hydrogens is 316 g/mol. The highest BCUT2D eigenvalue weighted by atomic mass is 16.2. The van der Waals surface area contributed by atoms with Crippen LogP contribution in [0.25, 0.3) is 10.9 Å². The number of carbonyl (C=O) groups is 1. The number of hydrogen-bond acceptors (Lipinski definition) is 4. The third kappa shape index (κ3) is 2.69. The van der Waals surface area contributed by atoms with Crippen molar-refractivity contribution in [2.75, 3.05) is 6.54 Å². The van der Waals surface area contributed by atoms with Crippen LogP contribution in [0.5, 0.6) is 0 Å². The van der Waals surface area contributed by atoms with Gasteiger partial charge in [-0.25, -0.2) is 0 Å². The summed E-state index contributed by atoms with van der Waals surface area (Å²) in [5.41, 5.74) is 2.69. The van der Waals surface area contributed by atoms with E-state index in [4.69, 9.17) is 0 Å². The van der Waals surface area contributed by atoms with E-state index in [0.717, 1.165) is 12.0 Å². The molecule has 1 aromatic heterocycles. The molecule has 1 aliphatic rings. The molecule has 0 N–H and O–H groups in total. The summed E-state index contributed by atoms with van der Waals surface area (Å²) < 4.78 is 1.19. The van der Waals surface area contributed by atoms with Gasteiger partial charge in [-0.15, -0.1) is 5.10 Å². The highest BCUT2D eigenvalue weighted by molar-refractivity contribution is 5.81. The number of benzene rings is 2. The first-order valence-corrected chi connectivity index (χ1v) is 8.35. The fraction of sp³-hybridized carbons (Fsp3) is 0.263. The van der Waals surface area contributed by atoms with Gasteiger partial charge in [0.15, 0.2) is 0 Å². The fourth-order valence-electron chi connectivity index (χ4n) is 3.31. The molecule has 0 spiro atoms. The molecule has 0 saturated carbocycles. The molecule has 2 aromatic carbocycles. The maximum Gasteiger partial charge on any atom is 0.278 e. The average Bonchev–Trinajstić information content (AvgIpc) is 2.67. The van der Waals surface area contributed by atoms with Crippen LogP contribution in [0, 0.1) is 0 Å². The monoisotopic (exact) mass is 334 g/mol. The van der Waals surface area contributed by atoms with Crippen molar-refractivity contribution in [3.63, 3.8) is 0 Å². The molecule has 1 aliphatic heterocycles. The Kier molecular flexibility index (Phi) is 3.80. The zero-order valence-corrected chi connectivity index (χ0v) is 13.9. The van der Waals surface area contributed by atoms with E-state index in [-0.39, 0.29) is 11.5 Å². The van der Waals surface area contributed by atoms with Gasteiger partial charge in [0, 0.05) is 13.1 Å². The summed E-state index contributed by atoms with van der Waals surface area (Å²) >= 11 is 0. The van der Waals surface area contributed by atoms with Crippen LogP contribution in [0.4, 0.5) is 0 Å². The van der Waals surface area contributed by atoms with E-state index in [1.807, 2.05) is 18.2 Å². The van der Waals surface area contributed by atoms with Crippen molar-refractivity contribution in [3.05, 3.63) is 70.0 Å². The van der Waals surface area contributed by atoms with Gasteiger partial charge in [-0.3, -0.25) is 9.59 Å². The molecule has 126 valence electrons. The van der Waals surface area contributed by atoms with Gasteiger partial charge >= 0.3 is 0 Å². The van der Waals surface area contributed by atoms with Gasteiger partial charge in [-0.1, -0.05) is 41.6 Å². The van der Waals surface area contributed by atoms with E-state index in [0.29, 0.717) is 24.0 Å². The first kappa shape index (κ1) is 15.5. The van der Waals surface area contributed by atoms with Gasteiger partial charge in [0.1, 0.15) is 11.6 Å². The van der Waals surface area contributed by atoms with Crippen molar-refractivity contribution in [1.29, 1.82) is 0 Å². The molecule has 1 atom stereocenters. The predicted octanol–water partition coefficient (Wildman–Crippen LogP) is 1.94. The normalized spacial score (nSPS) is 15.0. The average molecular weight is 334 g/mol. The van der Waals surface area contributed by atoms with Gasteiger partial charge in [0.2, 0.25) is 5.91 Å². The van der Waals surface area contributed by atoms with E-state index in [2.05, 4.69) is 16.4 Å². The van der Waals surface area contributed by atoms with E-state index in [9.17, 15) is 9.59 Å². The Hall–Kier alpha value is -3.02. The highest BCUT2D eigenvalue weighted by Gasteiger charge is 2.27. The van der Waals surface area contributed by atoms with E-state index in [1.54, 1.807) is 36.1 Å². The first-order valence-electron chi connectivity index (χ1n) is 8.35. The summed E-state index contributed by atoms with van der Waals surface area (Å²) in [5, 5.41) is 8.52. The van der Waals surface area contributed by atoms with Gasteiger partial charge < -0.3 is 4.90 Å². The van der Waals surface area contributed by atoms with Crippen LogP contribution in [-0.2, 0) is 17.8 Å². The summed E-state index contributed by atoms with van der Waals surface area (Å²) in [4.78, 5) is 27.3. The van der Waals surface area contributed by atoms with Crippen molar-refractivity contribution in [2.24, 2.45) is 0 Å². The molecule has 0 bridgehead atoms. The predicted molar refractivity (Wildman–Crippen MR) is 94.1 cm³/mol. The zero-order chi connectivity index (χ0) is 17.4. The van der Waals surface area contributed by atoms with Crippen LogP contribution >= 0.6 is 0 Å². The number of rotatable bonds is 2. The summed E-state index contributed by atoms with van der Waals surface area (Å²) in [5.74, 6) is -0.110. The third-order valence-corrected chi connectivity index (χ3v) is 4.76.